The first kappa shape index (κ1) is 19.2. The van der Waals surface area contributed by atoms with Crippen molar-refractivity contribution in [2.24, 2.45) is 0 Å². The fourth-order valence-corrected chi connectivity index (χ4v) is 2.94. The second kappa shape index (κ2) is 8.90. The highest BCUT2D eigenvalue weighted by Gasteiger charge is 2.25. The predicted octanol–water partition coefficient (Wildman–Crippen LogP) is 3.44. The quantitative estimate of drug-likeness (QED) is 0.620. The molecule has 1 fully saturated rings. The number of hydrogen-bond donors (Lipinski definition) is 2. The number of nitrogens with zero attached hydrogens (tertiary/aromatic N) is 3. The maximum atomic E-state index is 5.98. The molecule has 7 heteroatoms. The first-order valence-corrected chi connectivity index (χ1v) is 9.40. The molecular formula is C20H29N5O2. The number of ether oxygens (including phenoxy) is 2. The topological polar surface area (TPSA) is 71.5 Å². The summed E-state index contributed by atoms with van der Waals surface area (Å²) < 4.78 is 11.4. The molecule has 1 aromatic heterocycles. The lowest BCUT2D eigenvalue weighted by atomic mass is 10.2. The highest BCUT2D eigenvalue weighted by molar-refractivity contribution is 5.60. The second-order valence-corrected chi connectivity index (χ2v) is 6.87. The number of hydrogen-bond acceptors (Lipinski definition) is 7. The van der Waals surface area contributed by atoms with Gasteiger partial charge in [0.05, 0.1) is 13.7 Å². The minimum Gasteiger partial charge on any atom is -0.493 e. The molecule has 7 nitrogen and oxygen atoms in total. The number of anilines is 3. The van der Waals surface area contributed by atoms with Crippen LogP contribution in [0.5, 0.6) is 11.5 Å². The molecule has 2 N–H and O–H groups in total. The van der Waals surface area contributed by atoms with Crippen LogP contribution < -0.4 is 20.1 Å². The maximum absolute atomic E-state index is 5.98. The van der Waals surface area contributed by atoms with Crippen LogP contribution in [0.4, 0.5) is 17.5 Å². The second-order valence-electron chi connectivity index (χ2n) is 6.87. The molecule has 2 aromatic rings. The third kappa shape index (κ3) is 5.47. The van der Waals surface area contributed by atoms with E-state index < -0.39 is 0 Å². The number of nitrogens with one attached hydrogen (secondary N) is 2. The van der Waals surface area contributed by atoms with Gasteiger partial charge in [-0.15, -0.1) is 0 Å². The fourth-order valence-electron chi connectivity index (χ4n) is 2.94. The summed E-state index contributed by atoms with van der Waals surface area (Å²) in [4.78, 5) is 11.3. The van der Waals surface area contributed by atoms with E-state index in [-0.39, 0.29) is 0 Å². The third-order valence-electron chi connectivity index (χ3n) is 4.61. The van der Waals surface area contributed by atoms with Crippen molar-refractivity contribution in [1.29, 1.82) is 0 Å². The Bertz CT molecular complexity index is 764. The van der Waals surface area contributed by atoms with E-state index in [1.54, 1.807) is 7.11 Å². The van der Waals surface area contributed by atoms with Gasteiger partial charge < -0.3 is 25.0 Å². The number of rotatable bonds is 10. The summed E-state index contributed by atoms with van der Waals surface area (Å²) in [5.41, 5.74) is 1.75. The Morgan fingerprint density at radius 2 is 2.00 bits per heavy atom. The van der Waals surface area contributed by atoms with Crippen LogP contribution in [0.3, 0.4) is 0 Å². The average molecular weight is 371 g/mol. The normalized spacial score (nSPS) is 13.5. The largest absolute Gasteiger partial charge is 0.493 e. The molecule has 0 spiro atoms. The van der Waals surface area contributed by atoms with Gasteiger partial charge >= 0.3 is 0 Å². The van der Waals surface area contributed by atoms with Crippen molar-refractivity contribution in [3.63, 3.8) is 0 Å². The van der Waals surface area contributed by atoms with E-state index in [2.05, 4.69) is 32.5 Å². The zero-order chi connectivity index (χ0) is 19.2. The Kier molecular flexibility index (Phi) is 6.34. The van der Waals surface area contributed by atoms with Gasteiger partial charge in [0, 0.05) is 43.1 Å². The van der Waals surface area contributed by atoms with Gasteiger partial charge in [-0.2, -0.15) is 4.98 Å². The number of benzene rings is 1. The van der Waals surface area contributed by atoms with Crippen LogP contribution in [0.15, 0.2) is 24.3 Å². The standard InChI is InChI=1S/C20H29N5O2/c1-14-12-19(21-2)24-20(22-14)23-15-6-9-17(26-4)18(13-15)27-11-5-10-25(3)16-7-8-16/h6,9,12-13,16H,5,7-8,10-11H2,1-4H3,(H2,21,22,23,24). The van der Waals surface area contributed by atoms with Gasteiger partial charge in [0.2, 0.25) is 5.95 Å². The summed E-state index contributed by atoms with van der Waals surface area (Å²) in [6, 6.07) is 8.42. The first-order valence-electron chi connectivity index (χ1n) is 9.40. The molecule has 146 valence electrons. The Balaban J connectivity index is 1.62. The molecule has 1 aliphatic carbocycles. The Morgan fingerprint density at radius 3 is 2.70 bits per heavy atom. The van der Waals surface area contributed by atoms with Crippen molar-refractivity contribution in [3.05, 3.63) is 30.0 Å². The van der Waals surface area contributed by atoms with Crippen molar-refractivity contribution >= 4 is 17.5 Å². The summed E-state index contributed by atoms with van der Waals surface area (Å²) in [6.07, 6.45) is 3.64. The molecule has 0 radical (unpaired) electrons. The van der Waals surface area contributed by atoms with Crippen LogP contribution >= 0.6 is 0 Å². The van der Waals surface area contributed by atoms with Gasteiger partial charge in [0.15, 0.2) is 11.5 Å². The highest BCUT2D eigenvalue weighted by Crippen LogP contribution is 2.31. The van der Waals surface area contributed by atoms with Crippen LogP contribution in [-0.2, 0) is 0 Å². The zero-order valence-electron chi connectivity index (χ0n) is 16.6. The molecular weight excluding hydrogens is 342 g/mol. The van der Waals surface area contributed by atoms with Crippen molar-refractivity contribution in [1.82, 2.24) is 14.9 Å². The van der Waals surface area contributed by atoms with Crippen LogP contribution in [0.25, 0.3) is 0 Å². The molecule has 1 heterocycles. The van der Waals surface area contributed by atoms with E-state index >= 15 is 0 Å². The van der Waals surface area contributed by atoms with Gasteiger partial charge in [-0.25, -0.2) is 4.98 Å². The van der Waals surface area contributed by atoms with Gasteiger partial charge in [0.25, 0.3) is 0 Å². The third-order valence-corrected chi connectivity index (χ3v) is 4.61. The number of aromatic nitrogens is 2. The lowest BCUT2D eigenvalue weighted by molar-refractivity contribution is 0.250. The van der Waals surface area contributed by atoms with Crippen LogP contribution in [0.2, 0.25) is 0 Å². The lowest BCUT2D eigenvalue weighted by Gasteiger charge is -2.16. The first-order chi connectivity index (χ1) is 13.1. The summed E-state index contributed by atoms with van der Waals surface area (Å²) in [6.45, 7) is 3.64. The van der Waals surface area contributed by atoms with Crippen molar-refractivity contribution < 1.29 is 9.47 Å². The summed E-state index contributed by atoms with van der Waals surface area (Å²) in [5.74, 6) is 2.76. The summed E-state index contributed by atoms with van der Waals surface area (Å²) in [5, 5.41) is 6.28. The van der Waals surface area contributed by atoms with E-state index in [9.17, 15) is 0 Å². The minimum atomic E-state index is 0.543. The maximum Gasteiger partial charge on any atom is 0.229 e. The lowest BCUT2D eigenvalue weighted by Crippen LogP contribution is -2.23. The van der Waals surface area contributed by atoms with Crippen LogP contribution in [0, 0.1) is 6.92 Å². The average Bonchev–Trinajstić information content (AvgIpc) is 3.50. The molecule has 0 bridgehead atoms. The number of aryl methyl sites for hydroxylation is 1. The van der Waals surface area contributed by atoms with Crippen molar-refractivity contribution in [2.75, 3.05) is 45.0 Å². The smallest absolute Gasteiger partial charge is 0.229 e. The molecule has 0 atom stereocenters. The Labute approximate surface area is 161 Å². The van der Waals surface area contributed by atoms with E-state index in [0.29, 0.717) is 12.6 Å². The minimum absolute atomic E-state index is 0.543. The van der Waals surface area contributed by atoms with Gasteiger partial charge in [0.1, 0.15) is 5.82 Å². The summed E-state index contributed by atoms with van der Waals surface area (Å²) >= 11 is 0. The number of methoxy groups -OCH3 is 1. The molecule has 0 unspecified atom stereocenters. The monoisotopic (exact) mass is 371 g/mol. The SMILES string of the molecule is CNc1cc(C)nc(Nc2ccc(OC)c(OCCCN(C)C3CC3)c2)n1. The predicted molar refractivity (Wildman–Crippen MR) is 108 cm³/mol. The van der Waals surface area contributed by atoms with Gasteiger partial charge in [-0.05, 0) is 45.4 Å². The molecule has 1 aromatic carbocycles. The van der Waals surface area contributed by atoms with E-state index in [1.807, 2.05) is 38.2 Å². The zero-order valence-corrected chi connectivity index (χ0v) is 16.6. The van der Waals surface area contributed by atoms with Crippen molar-refractivity contribution in [2.45, 2.75) is 32.2 Å². The molecule has 27 heavy (non-hydrogen) atoms. The molecule has 3 rings (SSSR count). The van der Waals surface area contributed by atoms with Gasteiger partial charge in [-0.1, -0.05) is 0 Å². The molecule has 0 saturated heterocycles. The fraction of sp³-hybridized carbons (Fsp3) is 0.500. The van der Waals surface area contributed by atoms with E-state index in [4.69, 9.17) is 9.47 Å². The summed E-state index contributed by atoms with van der Waals surface area (Å²) in [7, 11) is 5.68. The molecule has 0 aliphatic heterocycles. The van der Waals surface area contributed by atoms with Crippen molar-refractivity contribution in [3.8, 4) is 11.5 Å². The highest BCUT2D eigenvalue weighted by atomic mass is 16.5. The molecule has 0 amide bonds. The molecule has 1 saturated carbocycles. The van der Waals surface area contributed by atoms with Crippen LogP contribution in [-0.4, -0.2) is 55.3 Å². The van der Waals surface area contributed by atoms with Gasteiger partial charge in [-0.3, -0.25) is 0 Å². The molecule has 1 aliphatic rings. The van der Waals surface area contributed by atoms with Crippen LogP contribution in [0.1, 0.15) is 25.0 Å². The Morgan fingerprint density at radius 1 is 1.19 bits per heavy atom. The Hall–Kier alpha value is -2.54. The van der Waals surface area contributed by atoms with E-state index in [0.717, 1.165) is 47.7 Å². The van der Waals surface area contributed by atoms with E-state index in [1.165, 1.54) is 12.8 Å².